The van der Waals surface area contributed by atoms with Crippen LogP contribution in [0.4, 0.5) is 14.5 Å². The van der Waals surface area contributed by atoms with Crippen molar-refractivity contribution in [1.29, 1.82) is 0 Å². The molecule has 1 aromatic rings. The molecule has 1 amide bonds. The van der Waals surface area contributed by atoms with Crippen molar-refractivity contribution in [3.05, 3.63) is 77.9 Å². The van der Waals surface area contributed by atoms with E-state index in [-0.39, 0.29) is 42.3 Å². The maximum Gasteiger partial charge on any atom is 0.247 e. The lowest BCUT2D eigenvalue weighted by Gasteiger charge is -2.50. The van der Waals surface area contributed by atoms with Crippen LogP contribution in [-0.2, 0) is 4.79 Å². The van der Waals surface area contributed by atoms with Gasteiger partial charge < -0.3 is 20.4 Å². The summed E-state index contributed by atoms with van der Waals surface area (Å²) in [6, 6.07) is 5.35. The number of aliphatic hydroxyl groups excluding tert-OH is 2. The number of hydrogen-bond acceptors (Lipinski definition) is 4. The van der Waals surface area contributed by atoms with E-state index in [1.807, 2.05) is 6.08 Å². The topological polar surface area (TPSA) is 72.8 Å². The lowest BCUT2D eigenvalue weighted by Crippen LogP contribution is -2.74. The smallest absolute Gasteiger partial charge is 0.247 e. The molecule has 2 fully saturated rings. The third-order valence-corrected chi connectivity index (χ3v) is 6.89. The largest absolute Gasteiger partial charge is 0.508 e. The first-order chi connectivity index (χ1) is 14.9. The number of carbonyl (C=O) groups is 1. The molecule has 3 aliphatic carbocycles. The van der Waals surface area contributed by atoms with Gasteiger partial charge in [-0.2, -0.15) is 0 Å². The zero-order chi connectivity index (χ0) is 21.8. The van der Waals surface area contributed by atoms with Gasteiger partial charge in [0.25, 0.3) is 0 Å². The summed E-state index contributed by atoms with van der Waals surface area (Å²) in [4.78, 5) is 14.9. The Labute approximate surface area is 179 Å². The first kappa shape index (κ1) is 20.2. The SMILES string of the molecule is O=C1[C@H](NCC(O)C2=CCC(F)C=C2)[C@@]2(C3C=CC(O)=CCC32)N1c1ccc(F)cc1. The van der Waals surface area contributed by atoms with Crippen LogP contribution in [0, 0.1) is 17.7 Å². The zero-order valence-electron chi connectivity index (χ0n) is 16.8. The first-order valence-electron chi connectivity index (χ1n) is 10.5. The second kappa shape index (κ2) is 7.43. The molecule has 4 aliphatic rings. The van der Waals surface area contributed by atoms with Crippen molar-refractivity contribution in [2.75, 3.05) is 11.4 Å². The van der Waals surface area contributed by atoms with Gasteiger partial charge in [0.1, 0.15) is 23.8 Å². The zero-order valence-corrected chi connectivity index (χ0v) is 16.8. The van der Waals surface area contributed by atoms with Gasteiger partial charge in [-0.15, -0.1) is 0 Å². The summed E-state index contributed by atoms with van der Waals surface area (Å²) in [6.07, 6.45) is 8.98. The van der Waals surface area contributed by atoms with Gasteiger partial charge in [0, 0.05) is 24.6 Å². The average Bonchev–Trinajstić information content (AvgIpc) is 3.45. The highest BCUT2D eigenvalue weighted by atomic mass is 19.1. The Bertz CT molecular complexity index is 1020. The van der Waals surface area contributed by atoms with Crippen LogP contribution in [0.2, 0.25) is 0 Å². The minimum Gasteiger partial charge on any atom is -0.508 e. The molecule has 7 heteroatoms. The van der Waals surface area contributed by atoms with Gasteiger partial charge in [0.05, 0.1) is 11.6 Å². The number of halogens is 2. The van der Waals surface area contributed by atoms with E-state index in [9.17, 15) is 23.8 Å². The fourth-order valence-corrected chi connectivity index (χ4v) is 5.34. The Balaban J connectivity index is 1.37. The summed E-state index contributed by atoms with van der Waals surface area (Å²) in [5.41, 5.74) is 0.741. The normalized spacial score (nSPS) is 34.5. The van der Waals surface area contributed by atoms with Gasteiger partial charge in [0.2, 0.25) is 5.91 Å². The van der Waals surface area contributed by atoms with E-state index in [0.29, 0.717) is 17.7 Å². The minimum atomic E-state index is -1.03. The standard InChI is InChI=1S/C24H24F2N2O3/c25-15-3-1-14(2-4-15)21(30)13-27-22-23(31)28(17-7-5-16(26)6-8-17)24(22)19-11-9-18(29)10-12-20(19)24/h1-3,5-11,15,19-22,27,29-30H,4,12-13H2/t15?,19?,20?,21?,22-,24-/m0/s1. The molecule has 0 bridgehead atoms. The van der Waals surface area contributed by atoms with Crippen molar-refractivity contribution in [1.82, 2.24) is 5.32 Å². The fraction of sp³-hybridized carbons (Fsp3) is 0.375. The van der Waals surface area contributed by atoms with E-state index in [2.05, 4.69) is 5.32 Å². The number of amides is 1. The van der Waals surface area contributed by atoms with Crippen molar-refractivity contribution < 1.29 is 23.8 Å². The molecule has 1 saturated carbocycles. The van der Waals surface area contributed by atoms with E-state index in [1.165, 1.54) is 18.2 Å². The highest BCUT2D eigenvalue weighted by Gasteiger charge is 2.79. The Morgan fingerprint density at radius 2 is 1.94 bits per heavy atom. The third-order valence-electron chi connectivity index (χ3n) is 6.89. The molecule has 5 rings (SSSR count). The van der Waals surface area contributed by atoms with Gasteiger partial charge in [-0.05, 0) is 54.3 Å². The maximum absolute atomic E-state index is 13.4. The first-order valence-corrected chi connectivity index (χ1v) is 10.5. The number of aliphatic hydroxyl groups is 2. The molecule has 6 atom stereocenters. The lowest BCUT2D eigenvalue weighted by atomic mass is 9.85. The maximum atomic E-state index is 13.4. The summed E-state index contributed by atoms with van der Waals surface area (Å²) in [5, 5.41) is 23.6. The number of β-lactam (4-membered cyclic amide) rings is 1. The quantitative estimate of drug-likeness (QED) is 0.633. The number of anilines is 1. The average molecular weight is 426 g/mol. The minimum absolute atomic E-state index is 0.0342. The highest BCUT2D eigenvalue weighted by Crippen LogP contribution is 2.66. The predicted octanol–water partition coefficient (Wildman–Crippen LogP) is 3.10. The van der Waals surface area contributed by atoms with E-state index < -0.39 is 23.9 Å². The Morgan fingerprint density at radius 1 is 1.16 bits per heavy atom. The van der Waals surface area contributed by atoms with Crippen LogP contribution in [0.1, 0.15) is 12.8 Å². The van der Waals surface area contributed by atoms with Gasteiger partial charge >= 0.3 is 0 Å². The molecule has 1 aromatic carbocycles. The number of benzene rings is 1. The van der Waals surface area contributed by atoms with Crippen LogP contribution in [0.3, 0.4) is 0 Å². The van der Waals surface area contributed by atoms with Crippen LogP contribution in [-0.4, -0.2) is 46.5 Å². The molecule has 5 nitrogen and oxygen atoms in total. The fourth-order valence-electron chi connectivity index (χ4n) is 5.34. The van der Waals surface area contributed by atoms with Crippen molar-refractivity contribution in [3.63, 3.8) is 0 Å². The van der Waals surface area contributed by atoms with Crippen molar-refractivity contribution in [2.45, 2.75) is 36.7 Å². The van der Waals surface area contributed by atoms with Crippen molar-refractivity contribution in [2.24, 2.45) is 11.8 Å². The summed E-state index contributed by atoms with van der Waals surface area (Å²) >= 11 is 0. The molecule has 1 saturated heterocycles. The second-order valence-electron chi connectivity index (χ2n) is 8.57. The Morgan fingerprint density at radius 3 is 2.65 bits per heavy atom. The second-order valence-corrected chi connectivity index (χ2v) is 8.57. The van der Waals surface area contributed by atoms with Gasteiger partial charge in [0.15, 0.2) is 0 Å². The van der Waals surface area contributed by atoms with Crippen molar-refractivity contribution >= 4 is 11.6 Å². The number of allylic oxidation sites excluding steroid dienone is 4. The number of nitrogens with one attached hydrogen (secondary N) is 1. The molecule has 1 heterocycles. The monoisotopic (exact) mass is 426 g/mol. The molecule has 1 aliphatic heterocycles. The van der Waals surface area contributed by atoms with Crippen LogP contribution >= 0.6 is 0 Å². The molecule has 162 valence electrons. The molecule has 0 radical (unpaired) electrons. The van der Waals surface area contributed by atoms with Gasteiger partial charge in [-0.3, -0.25) is 4.79 Å². The van der Waals surface area contributed by atoms with Gasteiger partial charge in [-0.1, -0.05) is 24.3 Å². The molecule has 31 heavy (non-hydrogen) atoms. The van der Waals surface area contributed by atoms with Gasteiger partial charge in [-0.25, -0.2) is 8.78 Å². The van der Waals surface area contributed by atoms with E-state index in [1.54, 1.807) is 41.3 Å². The molecule has 4 unspecified atom stereocenters. The summed E-state index contributed by atoms with van der Waals surface area (Å²) in [6.45, 7) is 0.160. The van der Waals surface area contributed by atoms with Crippen LogP contribution < -0.4 is 10.2 Å². The van der Waals surface area contributed by atoms with E-state index >= 15 is 0 Å². The molecule has 1 spiro atoms. The Kier molecular flexibility index (Phi) is 4.83. The van der Waals surface area contributed by atoms with Crippen molar-refractivity contribution in [3.8, 4) is 0 Å². The van der Waals surface area contributed by atoms with Crippen LogP contribution in [0.5, 0.6) is 0 Å². The number of alkyl halides is 1. The van der Waals surface area contributed by atoms with E-state index in [0.717, 1.165) is 0 Å². The summed E-state index contributed by atoms with van der Waals surface area (Å²) in [7, 11) is 0. The number of hydrogen-bond donors (Lipinski definition) is 3. The third kappa shape index (κ3) is 3.15. The summed E-state index contributed by atoms with van der Waals surface area (Å²) in [5.74, 6) is -0.154. The lowest BCUT2D eigenvalue weighted by molar-refractivity contribution is -0.129. The number of nitrogens with zero attached hydrogens (tertiary/aromatic N) is 1. The van der Waals surface area contributed by atoms with Crippen LogP contribution in [0.25, 0.3) is 0 Å². The number of fused-ring (bicyclic) bond motifs is 3. The molecular formula is C24H24F2N2O3. The molecule has 3 N–H and O–H groups in total. The number of carbonyl (C=O) groups excluding carboxylic acids is 1. The molecular weight excluding hydrogens is 402 g/mol. The van der Waals surface area contributed by atoms with E-state index in [4.69, 9.17) is 0 Å². The highest BCUT2D eigenvalue weighted by molar-refractivity contribution is 6.09. The summed E-state index contributed by atoms with van der Waals surface area (Å²) < 4.78 is 26.7. The molecule has 0 aromatic heterocycles. The van der Waals surface area contributed by atoms with Crippen LogP contribution in [0.15, 0.2) is 72.1 Å². The predicted molar refractivity (Wildman–Crippen MR) is 113 cm³/mol. The Hall–Kier alpha value is -2.77. The number of rotatable bonds is 5.